The minimum atomic E-state index is -7.05. The Morgan fingerprint density at radius 3 is 1.90 bits per heavy atom. The molecule has 0 aliphatic rings. The molecule has 0 atom stereocenters. The van der Waals surface area contributed by atoms with Gasteiger partial charge in [0, 0.05) is 18.1 Å². The van der Waals surface area contributed by atoms with E-state index in [2.05, 4.69) is 15.0 Å². The van der Waals surface area contributed by atoms with Gasteiger partial charge in [-0.15, -0.1) is 12.4 Å². The number of rotatable bonds is 6. The number of carbonyl (C=O) groups excluding carboxylic acids is 1. The third-order valence-electron chi connectivity index (χ3n) is 3.40. The lowest BCUT2D eigenvalue weighted by Crippen LogP contribution is -2.62. The number of nitrogens with zero attached hydrogens (tertiary/aromatic N) is 1. The number of nitrogens with one attached hydrogen (secondary N) is 1. The summed E-state index contributed by atoms with van der Waals surface area (Å²) >= 11 is 0. The highest BCUT2D eigenvalue weighted by atomic mass is 35.5. The fourth-order valence-corrected chi connectivity index (χ4v) is 1.88. The number of benzene rings is 1. The smallest absolute Gasteiger partial charge is 0.428 e. The molecule has 30 heavy (non-hydrogen) atoms. The summed E-state index contributed by atoms with van der Waals surface area (Å²) in [5, 5.41) is 2.28. The van der Waals surface area contributed by atoms with Crippen LogP contribution in [-0.4, -0.2) is 35.0 Å². The maximum absolute atomic E-state index is 13.4. The number of aromatic nitrogens is 1. The van der Waals surface area contributed by atoms with Gasteiger partial charge in [-0.05, 0) is 36.4 Å². The molecule has 0 aliphatic heterocycles. The second-order valence-electron chi connectivity index (χ2n) is 5.49. The van der Waals surface area contributed by atoms with Crippen LogP contribution in [0.25, 0.3) is 0 Å². The number of halogens is 10. The van der Waals surface area contributed by atoms with E-state index in [1.165, 1.54) is 24.5 Å². The Balaban J connectivity index is 0.00000450. The lowest BCUT2D eigenvalue weighted by molar-refractivity contribution is -0.428. The first-order valence-electron chi connectivity index (χ1n) is 7.39. The number of hydrogen-bond acceptors (Lipinski definition) is 3. The van der Waals surface area contributed by atoms with Crippen LogP contribution in [0.1, 0.15) is 10.4 Å². The summed E-state index contributed by atoms with van der Waals surface area (Å²) in [4.78, 5) is 15.6. The van der Waals surface area contributed by atoms with Crippen LogP contribution in [0.4, 0.5) is 45.2 Å². The Hall–Kier alpha value is -2.70. The number of amides is 1. The minimum absolute atomic E-state index is 0. The van der Waals surface area contributed by atoms with Gasteiger partial charge in [-0.1, -0.05) is 0 Å². The van der Waals surface area contributed by atoms with Crippen LogP contribution in [-0.2, 0) is 0 Å². The van der Waals surface area contributed by atoms with Crippen molar-refractivity contribution in [1.82, 2.24) is 4.98 Å². The highest BCUT2D eigenvalue weighted by Crippen LogP contribution is 2.53. The van der Waals surface area contributed by atoms with Crippen molar-refractivity contribution in [3.63, 3.8) is 0 Å². The highest BCUT2D eigenvalue weighted by molar-refractivity contribution is 6.04. The first kappa shape index (κ1) is 25.3. The lowest BCUT2D eigenvalue weighted by Gasteiger charge is -2.33. The molecule has 0 radical (unpaired) electrons. The molecule has 1 aromatic carbocycles. The summed E-state index contributed by atoms with van der Waals surface area (Å²) in [5.41, 5.74) is 0.0790. The summed E-state index contributed by atoms with van der Waals surface area (Å²) in [6, 6.07) is 5.72. The lowest BCUT2D eigenvalue weighted by atomic mass is 10.1. The van der Waals surface area contributed by atoms with Gasteiger partial charge in [-0.2, -0.15) is 39.5 Å². The van der Waals surface area contributed by atoms with Crippen LogP contribution >= 0.6 is 12.4 Å². The molecule has 1 aromatic heterocycles. The van der Waals surface area contributed by atoms with E-state index < -0.39 is 35.8 Å². The normalized spacial score (nSPS) is 12.7. The second-order valence-corrected chi connectivity index (χ2v) is 5.49. The largest absolute Gasteiger partial charge is 0.471 e. The molecule has 1 N–H and O–H groups in total. The molecule has 1 heterocycles. The van der Waals surface area contributed by atoms with Crippen molar-refractivity contribution >= 4 is 24.0 Å². The van der Waals surface area contributed by atoms with Crippen molar-refractivity contribution in [1.29, 1.82) is 0 Å². The third-order valence-corrected chi connectivity index (χ3v) is 3.40. The van der Waals surface area contributed by atoms with Crippen LogP contribution in [0.2, 0.25) is 0 Å². The molecule has 0 aliphatic carbocycles. The SMILES string of the molecule is Cl.O=C(Nc1ccc(OC(F)(F)C(F)(F)C(F)(F)C(F)(F)F)cc1)c1cccnc1. The summed E-state index contributed by atoms with van der Waals surface area (Å²) in [6.07, 6.45) is -10.5. The summed E-state index contributed by atoms with van der Waals surface area (Å²) < 4.78 is 118. The maximum atomic E-state index is 13.4. The Morgan fingerprint density at radius 2 is 1.43 bits per heavy atom. The molecule has 0 unspecified atom stereocenters. The molecule has 0 fully saturated rings. The molecule has 0 bridgehead atoms. The van der Waals surface area contributed by atoms with Crippen LogP contribution in [0.5, 0.6) is 5.75 Å². The molecule has 0 spiro atoms. The molecule has 166 valence electrons. The highest BCUT2D eigenvalue weighted by Gasteiger charge is 2.83. The quantitative estimate of drug-likeness (QED) is 0.565. The van der Waals surface area contributed by atoms with Crippen LogP contribution in [0.15, 0.2) is 48.8 Å². The van der Waals surface area contributed by atoms with Crippen molar-refractivity contribution < 1.29 is 49.0 Å². The average molecular weight is 469 g/mol. The van der Waals surface area contributed by atoms with Crippen molar-refractivity contribution in [3.05, 3.63) is 54.4 Å². The Morgan fingerprint density at radius 1 is 0.867 bits per heavy atom. The predicted octanol–water partition coefficient (Wildman–Crippen LogP) is 5.56. The van der Waals surface area contributed by atoms with Gasteiger partial charge in [0.05, 0.1) is 5.56 Å². The molecular formula is C16H10ClF9N2O2. The van der Waals surface area contributed by atoms with E-state index in [-0.39, 0.29) is 23.7 Å². The molecule has 4 nitrogen and oxygen atoms in total. The molecule has 14 heteroatoms. The van der Waals surface area contributed by atoms with E-state index in [4.69, 9.17) is 0 Å². The van der Waals surface area contributed by atoms with Gasteiger partial charge in [0.1, 0.15) is 5.75 Å². The van der Waals surface area contributed by atoms with E-state index in [9.17, 15) is 44.3 Å². The van der Waals surface area contributed by atoms with Crippen molar-refractivity contribution in [2.45, 2.75) is 24.1 Å². The standard InChI is InChI=1S/C16H9F9N2O2.ClH/c17-13(18,15(21,22)23)14(19,20)16(24,25)29-11-5-3-10(4-6-11)27-12(28)9-2-1-7-26-8-9;/h1-8H,(H,27,28);1H. The van der Waals surface area contributed by atoms with Crippen LogP contribution in [0, 0.1) is 0 Å². The molecule has 2 aromatic rings. The van der Waals surface area contributed by atoms with E-state index in [1.54, 1.807) is 0 Å². The van der Waals surface area contributed by atoms with Gasteiger partial charge in [-0.3, -0.25) is 9.78 Å². The van der Waals surface area contributed by atoms with Crippen molar-refractivity contribution in [2.24, 2.45) is 0 Å². The van der Waals surface area contributed by atoms with Gasteiger partial charge in [0.15, 0.2) is 0 Å². The molecule has 0 saturated heterocycles. The molecule has 2 rings (SSSR count). The van der Waals surface area contributed by atoms with E-state index in [1.807, 2.05) is 0 Å². The zero-order chi connectivity index (χ0) is 22.1. The van der Waals surface area contributed by atoms with Gasteiger partial charge >= 0.3 is 24.1 Å². The Bertz CT molecular complexity index is 859. The second kappa shape index (κ2) is 8.58. The summed E-state index contributed by atoms with van der Waals surface area (Å²) in [5.74, 6) is -15.8. The van der Waals surface area contributed by atoms with Gasteiger partial charge in [0.2, 0.25) is 0 Å². The first-order valence-corrected chi connectivity index (χ1v) is 7.39. The third kappa shape index (κ3) is 4.89. The van der Waals surface area contributed by atoms with E-state index >= 15 is 0 Å². The molecule has 1 amide bonds. The Labute approximate surface area is 168 Å². The van der Waals surface area contributed by atoms with Crippen molar-refractivity contribution in [3.8, 4) is 5.75 Å². The number of carbonyl (C=O) groups is 1. The summed E-state index contributed by atoms with van der Waals surface area (Å²) in [6.45, 7) is 0. The topological polar surface area (TPSA) is 51.2 Å². The van der Waals surface area contributed by atoms with Gasteiger partial charge in [0.25, 0.3) is 5.91 Å². The van der Waals surface area contributed by atoms with Gasteiger partial charge in [-0.25, -0.2) is 0 Å². The van der Waals surface area contributed by atoms with Crippen LogP contribution < -0.4 is 10.1 Å². The number of pyridine rings is 1. The first-order chi connectivity index (χ1) is 13.2. The van der Waals surface area contributed by atoms with E-state index in [0.29, 0.717) is 12.1 Å². The number of anilines is 1. The van der Waals surface area contributed by atoms with Crippen LogP contribution in [0.3, 0.4) is 0 Å². The van der Waals surface area contributed by atoms with Crippen molar-refractivity contribution in [2.75, 3.05) is 5.32 Å². The fourth-order valence-electron chi connectivity index (χ4n) is 1.88. The Kier molecular flexibility index (Phi) is 7.24. The van der Waals surface area contributed by atoms with Gasteiger partial charge < -0.3 is 10.1 Å². The monoisotopic (exact) mass is 468 g/mol. The predicted molar refractivity (Wildman–Crippen MR) is 87.4 cm³/mol. The summed E-state index contributed by atoms with van der Waals surface area (Å²) in [7, 11) is 0. The number of ether oxygens (including phenoxy) is 1. The molecular weight excluding hydrogens is 459 g/mol. The minimum Gasteiger partial charge on any atom is -0.428 e. The average Bonchev–Trinajstić information content (AvgIpc) is 2.62. The van der Waals surface area contributed by atoms with E-state index in [0.717, 1.165) is 12.1 Å². The maximum Gasteiger partial charge on any atom is 0.471 e. The number of alkyl halides is 9. The fraction of sp³-hybridized carbons (Fsp3) is 0.250. The molecule has 0 saturated carbocycles. The zero-order valence-electron chi connectivity index (χ0n) is 14.2. The zero-order valence-corrected chi connectivity index (χ0v) is 15.0. The number of hydrogen-bond donors (Lipinski definition) is 1.